The lowest BCUT2D eigenvalue weighted by molar-refractivity contribution is -0.119. The highest BCUT2D eigenvalue weighted by molar-refractivity contribution is 6.02. The average Bonchev–Trinajstić information content (AvgIpc) is 2.41. The second-order valence-electron chi connectivity index (χ2n) is 4.97. The Labute approximate surface area is 137 Å². The Bertz CT molecular complexity index is 617. The number of anilines is 1. The first-order valence-corrected chi connectivity index (χ1v) is 6.41. The molecule has 0 radical (unpaired) electrons. The summed E-state index contributed by atoms with van der Waals surface area (Å²) < 4.78 is 0. The van der Waals surface area contributed by atoms with E-state index in [1.54, 1.807) is 6.20 Å². The zero-order chi connectivity index (χ0) is 14.0. The van der Waals surface area contributed by atoms with E-state index in [0.29, 0.717) is 0 Å². The summed E-state index contributed by atoms with van der Waals surface area (Å²) in [5, 5.41) is 3.89. The quantitative estimate of drug-likeness (QED) is 0.907. The number of halogens is 2. The number of benzene rings is 1. The van der Waals surface area contributed by atoms with Gasteiger partial charge in [0.15, 0.2) is 0 Å². The van der Waals surface area contributed by atoms with Crippen molar-refractivity contribution in [3.05, 3.63) is 36.0 Å². The van der Waals surface area contributed by atoms with Crippen molar-refractivity contribution in [2.24, 2.45) is 11.7 Å². The molecule has 1 heterocycles. The van der Waals surface area contributed by atoms with Gasteiger partial charge in [0.05, 0.1) is 17.1 Å². The van der Waals surface area contributed by atoms with Crippen LogP contribution in [0.15, 0.2) is 30.5 Å². The normalized spacial score (nSPS) is 12.8. The lowest BCUT2D eigenvalue weighted by Crippen LogP contribution is -2.34. The number of fused-ring (bicyclic) bond motifs is 1. The van der Waals surface area contributed by atoms with Crippen LogP contribution in [0.25, 0.3) is 10.9 Å². The molecular weight excluding hydrogens is 309 g/mol. The zero-order valence-electron chi connectivity index (χ0n) is 12.3. The molecule has 2 unspecified atom stereocenters. The Balaban J connectivity index is 0.00000200. The van der Waals surface area contributed by atoms with Crippen LogP contribution in [-0.2, 0) is 4.79 Å². The lowest BCUT2D eigenvalue weighted by Gasteiger charge is -2.16. The summed E-state index contributed by atoms with van der Waals surface area (Å²) in [7, 11) is 0. The molecule has 2 aromatic rings. The van der Waals surface area contributed by atoms with Crippen LogP contribution in [0.1, 0.15) is 19.4 Å². The molecule has 3 N–H and O–H groups in total. The van der Waals surface area contributed by atoms with Gasteiger partial charge in [0.25, 0.3) is 0 Å². The van der Waals surface area contributed by atoms with E-state index in [1.807, 2.05) is 45.0 Å². The maximum Gasteiger partial charge on any atom is 0.228 e. The van der Waals surface area contributed by atoms with Crippen molar-refractivity contribution in [3.63, 3.8) is 0 Å². The molecule has 4 nitrogen and oxygen atoms in total. The van der Waals surface area contributed by atoms with E-state index in [-0.39, 0.29) is 42.7 Å². The number of rotatable bonds is 3. The number of hydrogen-bond donors (Lipinski definition) is 2. The first-order valence-electron chi connectivity index (χ1n) is 6.41. The third kappa shape index (κ3) is 4.30. The first-order chi connectivity index (χ1) is 9.00. The number of carbonyl (C=O) groups is 1. The number of pyridine rings is 1. The number of hydrogen-bond acceptors (Lipinski definition) is 3. The van der Waals surface area contributed by atoms with E-state index in [1.165, 1.54) is 0 Å². The van der Waals surface area contributed by atoms with Gasteiger partial charge in [-0.1, -0.05) is 13.0 Å². The van der Waals surface area contributed by atoms with Crippen molar-refractivity contribution in [1.82, 2.24) is 4.98 Å². The van der Waals surface area contributed by atoms with Gasteiger partial charge in [0, 0.05) is 17.6 Å². The molecule has 0 spiro atoms. The molecule has 2 rings (SSSR count). The van der Waals surface area contributed by atoms with E-state index in [2.05, 4.69) is 10.3 Å². The molecule has 0 aliphatic rings. The van der Waals surface area contributed by atoms with Gasteiger partial charge in [-0.2, -0.15) is 0 Å². The highest BCUT2D eigenvalue weighted by Crippen LogP contribution is 2.25. The Morgan fingerprint density at radius 3 is 2.52 bits per heavy atom. The van der Waals surface area contributed by atoms with E-state index < -0.39 is 0 Å². The maximum absolute atomic E-state index is 12.1. The van der Waals surface area contributed by atoms with Gasteiger partial charge in [0.2, 0.25) is 5.91 Å². The molecular formula is C15H21Cl2N3O. The Kier molecular flexibility index (Phi) is 7.64. The number of aryl methyl sites for hydroxylation is 1. The number of nitrogens with two attached hydrogens (primary N) is 1. The van der Waals surface area contributed by atoms with Crippen LogP contribution in [-0.4, -0.2) is 16.9 Å². The largest absolute Gasteiger partial charge is 0.327 e. The van der Waals surface area contributed by atoms with Crippen molar-refractivity contribution in [2.75, 3.05) is 5.32 Å². The van der Waals surface area contributed by atoms with Crippen molar-refractivity contribution in [2.45, 2.75) is 26.8 Å². The summed E-state index contributed by atoms with van der Waals surface area (Å²) in [4.78, 5) is 16.4. The second-order valence-corrected chi connectivity index (χ2v) is 4.97. The summed E-state index contributed by atoms with van der Waals surface area (Å²) in [5.74, 6) is -0.294. The summed E-state index contributed by atoms with van der Waals surface area (Å²) in [6.07, 6.45) is 1.76. The van der Waals surface area contributed by atoms with Crippen LogP contribution in [0, 0.1) is 12.8 Å². The summed E-state index contributed by atoms with van der Waals surface area (Å²) in [6, 6.07) is 7.52. The van der Waals surface area contributed by atoms with Crippen LogP contribution < -0.4 is 11.1 Å². The molecule has 1 aromatic carbocycles. The minimum Gasteiger partial charge on any atom is -0.327 e. The third-order valence-corrected chi connectivity index (χ3v) is 3.43. The lowest BCUT2D eigenvalue weighted by atomic mass is 10.0. The number of aromatic nitrogens is 1. The molecule has 0 aliphatic carbocycles. The highest BCUT2D eigenvalue weighted by Gasteiger charge is 2.18. The standard InChI is InChI=1S/C15H19N3O.2ClH/c1-9-6-7-13(12-5-4-8-17-14(9)12)18-15(19)10(2)11(3)16;;/h4-8,10-11H,16H2,1-3H3,(H,18,19);2*1H. The number of nitrogens with zero attached hydrogens (tertiary/aromatic N) is 1. The molecule has 21 heavy (non-hydrogen) atoms. The SMILES string of the molecule is Cc1ccc(NC(=O)C(C)C(C)N)c2cccnc12.Cl.Cl. The van der Waals surface area contributed by atoms with E-state index in [4.69, 9.17) is 5.73 Å². The molecule has 0 saturated heterocycles. The molecule has 1 amide bonds. The van der Waals surface area contributed by atoms with Crippen LogP contribution in [0.3, 0.4) is 0 Å². The fourth-order valence-electron chi connectivity index (χ4n) is 1.91. The van der Waals surface area contributed by atoms with Crippen LogP contribution in [0.4, 0.5) is 5.69 Å². The summed E-state index contributed by atoms with van der Waals surface area (Å²) >= 11 is 0. The predicted octanol–water partition coefficient (Wildman–Crippen LogP) is 3.31. The second kappa shape index (κ2) is 8.17. The van der Waals surface area contributed by atoms with Crippen molar-refractivity contribution >= 4 is 47.3 Å². The van der Waals surface area contributed by atoms with Gasteiger partial charge in [0.1, 0.15) is 0 Å². The molecule has 0 aliphatic heterocycles. The summed E-state index contributed by atoms with van der Waals surface area (Å²) in [5.41, 5.74) is 8.54. The van der Waals surface area contributed by atoms with E-state index >= 15 is 0 Å². The van der Waals surface area contributed by atoms with Crippen molar-refractivity contribution in [1.29, 1.82) is 0 Å². The van der Waals surface area contributed by atoms with Gasteiger partial charge < -0.3 is 11.1 Å². The number of nitrogens with one attached hydrogen (secondary N) is 1. The zero-order valence-corrected chi connectivity index (χ0v) is 13.9. The monoisotopic (exact) mass is 329 g/mol. The van der Waals surface area contributed by atoms with E-state index in [0.717, 1.165) is 22.2 Å². The molecule has 116 valence electrons. The molecule has 1 aromatic heterocycles. The molecule has 0 saturated carbocycles. The first kappa shape index (κ1) is 19.6. The van der Waals surface area contributed by atoms with Crippen molar-refractivity contribution in [3.8, 4) is 0 Å². The smallest absolute Gasteiger partial charge is 0.228 e. The number of carbonyl (C=O) groups excluding carboxylic acids is 1. The average molecular weight is 330 g/mol. The molecule has 0 fully saturated rings. The topological polar surface area (TPSA) is 68.0 Å². The van der Waals surface area contributed by atoms with Gasteiger partial charge >= 0.3 is 0 Å². The van der Waals surface area contributed by atoms with Gasteiger partial charge in [-0.25, -0.2) is 0 Å². The van der Waals surface area contributed by atoms with Gasteiger partial charge in [-0.15, -0.1) is 24.8 Å². The van der Waals surface area contributed by atoms with Crippen LogP contribution in [0.2, 0.25) is 0 Å². The predicted molar refractivity (Wildman–Crippen MR) is 92.4 cm³/mol. The van der Waals surface area contributed by atoms with Gasteiger partial charge in [-0.05, 0) is 37.6 Å². The van der Waals surface area contributed by atoms with Gasteiger partial charge in [-0.3, -0.25) is 9.78 Å². The fourth-order valence-corrected chi connectivity index (χ4v) is 1.91. The number of amides is 1. The van der Waals surface area contributed by atoms with Crippen molar-refractivity contribution < 1.29 is 4.79 Å². The molecule has 0 bridgehead atoms. The van der Waals surface area contributed by atoms with Crippen LogP contribution >= 0.6 is 24.8 Å². The Morgan fingerprint density at radius 1 is 1.24 bits per heavy atom. The third-order valence-electron chi connectivity index (χ3n) is 3.43. The minimum atomic E-state index is -0.229. The maximum atomic E-state index is 12.1. The minimum absolute atomic E-state index is 0. The fraction of sp³-hybridized carbons (Fsp3) is 0.333. The molecule has 2 atom stereocenters. The Hall–Kier alpha value is -1.36. The summed E-state index contributed by atoms with van der Waals surface area (Å²) in [6.45, 7) is 5.67. The van der Waals surface area contributed by atoms with E-state index in [9.17, 15) is 4.79 Å². The van der Waals surface area contributed by atoms with Crippen LogP contribution in [0.5, 0.6) is 0 Å². The Morgan fingerprint density at radius 2 is 1.90 bits per heavy atom. The molecule has 6 heteroatoms. The highest BCUT2D eigenvalue weighted by atomic mass is 35.5.